The van der Waals surface area contributed by atoms with Crippen LogP contribution in [0.4, 0.5) is 5.69 Å². The first-order chi connectivity index (χ1) is 13.7. The first-order valence-corrected chi connectivity index (χ1v) is 10.1. The highest BCUT2D eigenvalue weighted by Crippen LogP contribution is 2.25. The first-order valence-electron chi connectivity index (χ1n) is 10.1. The van der Waals surface area contributed by atoms with Crippen LogP contribution in [0.25, 0.3) is 0 Å². The van der Waals surface area contributed by atoms with Gasteiger partial charge >= 0.3 is 0 Å². The summed E-state index contributed by atoms with van der Waals surface area (Å²) in [6.45, 7) is 1.19. The highest BCUT2D eigenvalue weighted by molar-refractivity contribution is 5.95. The third-order valence-corrected chi connectivity index (χ3v) is 5.48. The summed E-state index contributed by atoms with van der Waals surface area (Å²) in [5.74, 6) is 0.769. The molecule has 0 bridgehead atoms. The van der Waals surface area contributed by atoms with Crippen molar-refractivity contribution in [3.63, 3.8) is 0 Å². The largest absolute Gasteiger partial charge is 0.484 e. The van der Waals surface area contributed by atoms with E-state index < -0.39 is 0 Å². The van der Waals surface area contributed by atoms with Gasteiger partial charge in [0.2, 0.25) is 5.91 Å². The molecule has 1 heterocycles. The zero-order valence-corrected chi connectivity index (χ0v) is 16.1. The normalized spacial score (nSPS) is 16.0. The van der Waals surface area contributed by atoms with Gasteiger partial charge in [0.25, 0.3) is 5.91 Å². The molecule has 0 atom stereocenters. The number of nitrogens with one attached hydrogen (secondary N) is 1. The number of anilines is 1. The van der Waals surface area contributed by atoms with Crippen molar-refractivity contribution >= 4 is 17.5 Å². The zero-order valence-electron chi connectivity index (χ0n) is 16.1. The molecule has 1 N–H and O–H groups in total. The molecule has 0 saturated carbocycles. The Morgan fingerprint density at radius 3 is 2.68 bits per heavy atom. The van der Waals surface area contributed by atoms with Crippen LogP contribution in [-0.2, 0) is 29.0 Å². The molecule has 146 valence electrons. The van der Waals surface area contributed by atoms with Crippen LogP contribution in [0.5, 0.6) is 5.75 Å². The van der Waals surface area contributed by atoms with Crippen LogP contribution in [0, 0.1) is 0 Å². The van der Waals surface area contributed by atoms with Crippen LogP contribution in [0.2, 0.25) is 0 Å². The van der Waals surface area contributed by atoms with E-state index in [-0.39, 0.29) is 18.4 Å². The highest BCUT2D eigenvalue weighted by Gasteiger charge is 2.21. The number of benzene rings is 2. The smallest absolute Gasteiger partial charge is 0.258 e. The molecule has 1 saturated heterocycles. The fraction of sp³-hybridized carbons (Fsp3) is 0.391. The van der Waals surface area contributed by atoms with Crippen molar-refractivity contribution < 1.29 is 14.3 Å². The molecular weight excluding hydrogens is 352 g/mol. The van der Waals surface area contributed by atoms with Crippen molar-refractivity contribution in [1.29, 1.82) is 0 Å². The standard InChI is InChI=1S/C23H26N2O3/c26-22(16-28-21-11-10-18-6-1-2-7-19(18)14-21)24-15-17-5-3-8-20(13-17)25-12-4-9-23(25)27/h3,5,8,10-11,13-14H,1-2,4,6-7,9,12,15-16H2,(H,24,26). The second-order valence-corrected chi connectivity index (χ2v) is 7.52. The summed E-state index contributed by atoms with van der Waals surface area (Å²) in [5.41, 5.74) is 4.62. The van der Waals surface area contributed by atoms with Crippen molar-refractivity contribution in [2.24, 2.45) is 0 Å². The van der Waals surface area contributed by atoms with Gasteiger partial charge in [0.15, 0.2) is 6.61 Å². The number of hydrogen-bond donors (Lipinski definition) is 1. The molecule has 1 fully saturated rings. The van der Waals surface area contributed by atoms with E-state index in [9.17, 15) is 9.59 Å². The van der Waals surface area contributed by atoms with E-state index in [4.69, 9.17) is 4.74 Å². The van der Waals surface area contributed by atoms with Crippen molar-refractivity contribution in [2.45, 2.75) is 45.1 Å². The number of fused-ring (bicyclic) bond motifs is 1. The summed E-state index contributed by atoms with van der Waals surface area (Å²) in [4.78, 5) is 25.9. The van der Waals surface area contributed by atoms with Crippen LogP contribution < -0.4 is 15.0 Å². The van der Waals surface area contributed by atoms with E-state index in [1.807, 2.05) is 35.2 Å². The first kappa shape index (κ1) is 18.5. The molecule has 2 aromatic rings. The second-order valence-electron chi connectivity index (χ2n) is 7.52. The van der Waals surface area contributed by atoms with Crippen LogP contribution >= 0.6 is 0 Å². The number of ether oxygens (including phenoxy) is 1. The van der Waals surface area contributed by atoms with Crippen LogP contribution in [0.15, 0.2) is 42.5 Å². The fourth-order valence-electron chi connectivity index (χ4n) is 3.96. The molecular formula is C23H26N2O3. The van der Waals surface area contributed by atoms with E-state index in [2.05, 4.69) is 17.4 Å². The van der Waals surface area contributed by atoms with Gasteiger partial charge in [-0.2, -0.15) is 0 Å². The Morgan fingerprint density at radius 2 is 1.86 bits per heavy atom. The van der Waals surface area contributed by atoms with Gasteiger partial charge in [-0.3, -0.25) is 9.59 Å². The maximum absolute atomic E-state index is 12.2. The number of carbonyl (C=O) groups is 2. The lowest BCUT2D eigenvalue weighted by Crippen LogP contribution is -2.28. The summed E-state index contributed by atoms with van der Waals surface area (Å²) in [5, 5.41) is 2.89. The quantitative estimate of drug-likeness (QED) is 0.838. The van der Waals surface area contributed by atoms with Gasteiger partial charge in [-0.1, -0.05) is 18.2 Å². The van der Waals surface area contributed by atoms with E-state index >= 15 is 0 Å². The molecule has 2 aromatic carbocycles. The van der Waals surface area contributed by atoms with Crippen molar-refractivity contribution in [3.05, 3.63) is 59.2 Å². The fourth-order valence-corrected chi connectivity index (χ4v) is 3.96. The lowest BCUT2D eigenvalue weighted by atomic mass is 9.92. The Kier molecular flexibility index (Phi) is 5.60. The van der Waals surface area contributed by atoms with Crippen LogP contribution in [-0.4, -0.2) is 25.0 Å². The number of aryl methyl sites for hydroxylation is 2. The van der Waals surface area contributed by atoms with Gasteiger partial charge in [0.05, 0.1) is 0 Å². The molecule has 2 amide bonds. The Labute approximate surface area is 165 Å². The SMILES string of the molecule is O=C(COc1ccc2c(c1)CCCC2)NCc1cccc(N2CCCC2=O)c1. The van der Waals surface area contributed by atoms with Crippen molar-refractivity contribution in [3.8, 4) is 5.75 Å². The van der Waals surface area contributed by atoms with Gasteiger partial charge in [-0.25, -0.2) is 0 Å². The van der Waals surface area contributed by atoms with Gasteiger partial charge in [-0.15, -0.1) is 0 Å². The number of nitrogens with zero attached hydrogens (tertiary/aromatic N) is 1. The predicted octanol–water partition coefficient (Wildman–Crippen LogP) is 3.39. The molecule has 0 aromatic heterocycles. The number of amides is 2. The van der Waals surface area contributed by atoms with Gasteiger partial charge in [0.1, 0.15) is 5.75 Å². The van der Waals surface area contributed by atoms with E-state index in [0.29, 0.717) is 13.0 Å². The third-order valence-electron chi connectivity index (χ3n) is 5.48. The van der Waals surface area contributed by atoms with Gasteiger partial charge < -0.3 is 15.0 Å². The molecule has 5 nitrogen and oxygen atoms in total. The minimum absolute atomic E-state index is 0.00306. The maximum atomic E-state index is 12.2. The van der Waals surface area contributed by atoms with E-state index in [1.165, 1.54) is 24.0 Å². The molecule has 1 aliphatic heterocycles. The third kappa shape index (κ3) is 4.35. The molecule has 1 aliphatic carbocycles. The Hall–Kier alpha value is -2.82. The molecule has 0 spiro atoms. The molecule has 4 rings (SSSR count). The summed E-state index contributed by atoms with van der Waals surface area (Å²) in [6.07, 6.45) is 6.22. The second kappa shape index (κ2) is 8.46. The lowest BCUT2D eigenvalue weighted by Gasteiger charge is -2.17. The molecule has 0 unspecified atom stereocenters. The molecule has 2 aliphatic rings. The van der Waals surface area contributed by atoms with Crippen LogP contribution in [0.1, 0.15) is 42.4 Å². The average Bonchev–Trinajstić information content (AvgIpc) is 3.16. The number of hydrogen-bond acceptors (Lipinski definition) is 3. The van der Waals surface area contributed by atoms with E-state index in [1.54, 1.807) is 0 Å². The molecule has 28 heavy (non-hydrogen) atoms. The highest BCUT2D eigenvalue weighted by atomic mass is 16.5. The Bertz CT molecular complexity index is 878. The Balaban J connectivity index is 1.28. The zero-order chi connectivity index (χ0) is 19.3. The van der Waals surface area contributed by atoms with E-state index in [0.717, 1.165) is 42.8 Å². The molecule has 0 radical (unpaired) electrons. The van der Waals surface area contributed by atoms with Gasteiger partial charge in [0, 0.05) is 25.2 Å². The monoisotopic (exact) mass is 378 g/mol. The predicted molar refractivity (Wildman–Crippen MR) is 108 cm³/mol. The topological polar surface area (TPSA) is 58.6 Å². The lowest BCUT2D eigenvalue weighted by molar-refractivity contribution is -0.123. The summed E-state index contributed by atoms with van der Waals surface area (Å²) in [6, 6.07) is 13.9. The maximum Gasteiger partial charge on any atom is 0.258 e. The van der Waals surface area contributed by atoms with Crippen molar-refractivity contribution in [2.75, 3.05) is 18.1 Å². The van der Waals surface area contributed by atoms with Gasteiger partial charge in [-0.05, 0) is 73.1 Å². The summed E-state index contributed by atoms with van der Waals surface area (Å²) >= 11 is 0. The number of carbonyl (C=O) groups excluding carboxylic acids is 2. The number of rotatable bonds is 6. The molecule has 5 heteroatoms. The average molecular weight is 378 g/mol. The van der Waals surface area contributed by atoms with Crippen molar-refractivity contribution in [1.82, 2.24) is 5.32 Å². The Morgan fingerprint density at radius 1 is 1.00 bits per heavy atom. The minimum Gasteiger partial charge on any atom is -0.484 e. The summed E-state index contributed by atoms with van der Waals surface area (Å²) < 4.78 is 5.68. The van der Waals surface area contributed by atoms with Crippen LogP contribution in [0.3, 0.4) is 0 Å². The minimum atomic E-state index is -0.152. The summed E-state index contributed by atoms with van der Waals surface area (Å²) in [7, 11) is 0.